The van der Waals surface area contributed by atoms with Gasteiger partial charge in [-0.05, 0) is 86.0 Å². The van der Waals surface area contributed by atoms with E-state index in [1.54, 1.807) is 11.3 Å². The Labute approximate surface area is 404 Å². The summed E-state index contributed by atoms with van der Waals surface area (Å²) in [4.78, 5) is 10.9. The van der Waals surface area contributed by atoms with Crippen LogP contribution < -0.4 is 0 Å². The van der Waals surface area contributed by atoms with Crippen molar-refractivity contribution in [1.82, 2.24) is 14.5 Å². The van der Waals surface area contributed by atoms with Crippen LogP contribution in [0.2, 0.25) is 0 Å². The highest BCUT2D eigenvalue weighted by molar-refractivity contribution is 7.26. The van der Waals surface area contributed by atoms with Crippen molar-refractivity contribution in [1.29, 1.82) is 0 Å². The third-order valence-corrected chi connectivity index (χ3v) is 14.8. The van der Waals surface area contributed by atoms with Crippen molar-refractivity contribution in [3.8, 4) is 61.7 Å². The zero-order chi connectivity index (χ0) is 47.1. The zero-order valence-electron chi connectivity index (χ0n) is 40.6. The van der Waals surface area contributed by atoms with Gasteiger partial charge in [0, 0.05) is 48.7 Å². The van der Waals surface area contributed by atoms with E-state index in [-0.39, 0.29) is 16.2 Å². The van der Waals surface area contributed by atoms with Gasteiger partial charge in [0.2, 0.25) is 0 Å². The number of nitrogens with zero attached hydrogens (tertiary/aromatic N) is 3. The van der Waals surface area contributed by atoms with Gasteiger partial charge in [0.25, 0.3) is 0 Å². The maximum Gasteiger partial charge on any atom is 0.160 e. The molecule has 0 bridgehead atoms. The molecule has 0 unspecified atom stereocenters. The number of benzene rings is 8. The largest absolute Gasteiger partial charge is 0.307 e. The van der Waals surface area contributed by atoms with Gasteiger partial charge < -0.3 is 4.57 Å². The van der Waals surface area contributed by atoms with Crippen molar-refractivity contribution in [2.45, 2.75) is 78.6 Å². The van der Waals surface area contributed by atoms with Crippen LogP contribution in [-0.2, 0) is 16.2 Å². The second-order valence-corrected chi connectivity index (χ2v) is 22.5. The van der Waals surface area contributed by atoms with Gasteiger partial charge in [0.1, 0.15) is 0 Å². The topological polar surface area (TPSA) is 30.7 Å². The van der Waals surface area contributed by atoms with E-state index in [1.165, 1.54) is 54.3 Å². The number of hydrogen-bond donors (Lipinski definition) is 0. The smallest absolute Gasteiger partial charge is 0.160 e. The van der Waals surface area contributed by atoms with E-state index < -0.39 is 0 Å². The van der Waals surface area contributed by atoms with E-state index in [2.05, 4.69) is 249 Å². The summed E-state index contributed by atoms with van der Waals surface area (Å²) < 4.78 is 4.95. The summed E-state index contributed by atoms with van der Waals surface area (Å²) in [5, 5.41) is 3.69. The third kappa shape index (κ3) is 7.52. The van der Waals surface area contributed by atoms with Crippen LogP contribution in [0.1, 0.15) is 79.0 Å². The molecule has 68 heavy (non-hydrogen) atoms. The Bertz CT molecular complexity index is 3630. The second-order valence-electron chi connectivity index (χ2n) is 21.5. The van der Waals surface area contributed by atoms with Gasteiger partial charge in [-0.1, -0.05) is 208 Å². The van der Waals surface area contributed by atoms with Gasteiger partial charge in [-0.25, -0.2) is 9.97 Å². The fourth-order valence-corrected chi connectivity index (χ4v) is 11.1. The molecule has 334 valence electrons. The van der Waals surface area contributed by atoms with Crippen LogP contribution in [0.15, 0.2) is 182 Å². The third-order valence-electron chi connectivity index (χ3n) is 13.6. The summed E-state index contributed by atoms with van der Waals surface area (Å²) in [6, 6.07) is 66.9. The van der Waals surface area contributed by atoms with Gasteiger partial charge >= 0.3 is 0 Å². The first-order valence-electron chi connectivity index (χ1n) is 23.9. The lowest BCUT2D eigenvalue weighted by atomic mass is 9.79. The monoisotopic (exact) mass is 899 g/mol. The highest BCUT2D eigenvalue weighted by Gasteiger charge is 2.32. The fraction of sp³-hybridized carbons (Fsp3) is 0.188. The fourth-order valence-electron chi connectivity index (χ4n) is 9.96. The summed E-state index contributed by atoms with van der Waals surface area (Å²) in [5.41, 5.74) is 18.1. The highest BCUT2D eigenvalue weighted by Crippen LogP contribution is 2.51. The van der Waals surface area contributed by atoms with Crippen LogP contribution in [0.25, 0.3) is 104 Å². The number of rotatable bonds is 6. The van der Waals surface area contributed by atoms with E-state index >= 15 is 0 Å². The summed E-state index contributed by atoms with van der Waals surface area (Å²) in [5.74, 6) is 0.720. The lowest BCUT2D eigenvalue weighted by molar-refractivity contribution is 0.572. The summed E-state index contributed by atoms with van der Waals surface area (Å²) in [6.45, 7) is 21.2. The van der Waals surface area contributed by atoms with Gasteiger partial charge in [0.05, 0.1) is 32.6 Å². The van der Waals surface area contributed by atoms with E-state index in [1.807, 2.05) is 0 Å². The molecule has 0 atom stereocenters. The molecule has 3 aromatic heterocycles. The normalized spacial score (nSPS) is 12.5. The Balaban J connectivity index is 1.38. The Morgan fingerprint density at radius 2 is 0.868 bits per heavy atom. The minimum atomic E-state index is -0.202. The minimum Gasteiger partial charge on any atom is -0.307 e. The lowest BCUT2D eigenvalue weighted by Gasteiger charge is -2.28. The first-order chi connectivity index (χ1) is 32.6. The molecular weight excluding hydrogens is 843 g/mol. The molecule has 0 N–H and O–H groups in total. The van der Waals surface area contributed by atoms with Gasteiger partial charge in [-0.2, -0.15) is 0 Å². The Kier molecular flexibility index (Phi) is 10.4. The van der Waals surface area contributed by atoms with Crippen molar-refractivity contribution in [2.24, 2.45) is 0 Å². The van der Waals surface area contributed by atoms with E-state index in [0.29, 0.717) is 0 Å². The molecule has 11 rings (SSSR count). The quantitative estimate of drug-likeness (QED) is 0.166. The van der Waals surface area contributed by atoms with Gasteiger partial charge in [0.15, 0.2) is 5.82 Å². The van der Waals surface area contributed by atoms with Crippen LogP contribution in [0.4, 0.5) is 0 Å². The Hall–Kier alpha value is -7.14. The molecule has 0 radical (unpaired) electrons. The molecule has 0 saturated heterocycles. The van der Waals surface area contributed by atoms with Crippen LogP contribution >= 0.6 is 11.3 Å². The number of fused-ring (bicyclic) bond motifs is 6. The van der Waals surface area contributed by atoms with Crippen molar-refractivity contribution in [2.75, 3.05) is 0 Å². The lowest BCUT2D eigenvalue weighted by Crippen LogP contribution is -2.18. The average Bonchev–Trinajstić information content (AvgIpc) is 3.89. The first kappa shape index (κ1) is 43.4. The maximum absolute atomic E-state index is 5.56. The number of thiophene rings is 1. The highest BCUT2D eigenvalue weighted by atomic mass is 32.1. The molecule has 4 heteroatoms. The van der Waals surface area contributed by atoms with Crippen molar-refractivity contribution >= 4 is 53.4 Å². The van der Waals surface area contributed by atoms with Crippen LogP contribution in [0.3, 0.4) is 0 Å². The first-order valence-corrected chi connectivity index (χ1v) is 24.7. The minimum absolute atomic E-state index is 0.0768. The van der Waals surface area contributed by atoms with Crippen molar-refractivity contribution in [3.63, 3.8) is 0 Å². The van der Waals surface area contributed by atoms with Crippen molar-refractivity contribution < 1.29 is 0 Å². The van der Waals surface area contributed by atoms with Crippen LogP contribution in [-0.4, -0.2) is 14.5 Å². The number of aromatic nitrogens is 3. The second kappa shape index (κ2) is 16.3. The molecule has 11 aromatic rings. The average molecular weight is 900 g/mol. The van der Waals surface area contributed by atoms with Crippen molar-refractivity contribution in [3.05, 3.63) is 199 Å². The predicted molar refractivity (Wildman–Crippen MR) is 293 cm³/mol. The SMILES string of the molecule is CC(C)(C)c1cc(-c2ccccc2)c2c(c1)c1cc(C(C)(C)C)cc(C(C)(C)C)c1n2-c1c(-c2ccccc2)cc(-c2nc(-c3ccccc3)nc3c2sc2ccccc23)cc1-c1ccccc1. The van der Waals surface area contributed by atoms with Crippen LogP contribution in [0, 0.1) is 0 Å². The Morgan fingerprint density at radius 1 is 0.397 bits per heavy atom. The molecule has 0 amide bonds. The van der Waals surface area contributed by atoms with Gasteiger partial charge in [-0.15, -0.1) is 11.3 Å². The standard InChI is InChI=1S/C64H57N3S/c1-62(2,3)45-36-50(42-28-18-12-19-29-42)58-51(37-45)52-38-46(63(4,5)6)39-53(64(7,8)9)59(52)67(58)57-48(40-24-14-10-15-25-40)34-44(35-49(57)41-26-16-11-17-27-41)55-60-56(47-32-22-23-33-54(47)68-60)66-61(65-55)43-30-20-13-21-31-43/h10-39H,1-9H3. The molecular formula is C64H57N3S. The maximum atomic E-state index is 5.56. The molecule has 0 aliphatic carbocycles. The molecule has 0 aliphatic rings. The molecule has 0 saturated carbocycles. The summed E-state index contributed by atoms with van der Waals surface area (Å²) in [6.07, 6.45) is 0. The molecule has 0 spiro atoms. The van der Waals surface area contributed by atoms with Gasteiger partial charge in [-0.3, -0.25) is 0 Å². The number of hydrogen-bond acceptors (Lipinski definition) is 3. The van der Waals surface area contributed by atoms with E-state index in [9.17, 15) is 0 Å². The predicted octanol–water partition coefficient (Wildman–Crippen LogP) is 18.2. The molecule has 3 nitrogen and oxygen atoms in total. The molecule has 0 aliphatic heterocycles. The molecule has 0 fully saturated rings. The molecule has 3 heterocycles. The van der Waals surface area contributed by atoms with E-state index in [4.69, 9.17) is 9.97 Å². The summed E-state index contributed by atoms with van der Waals surface area (Å²) in [7, 11) is 0. The molecule has 8 aromatic carbocycles. The van der Waals surface area contributed by atoms with E-state index in [0.717, 1.165) is 66.2 Å². The summed E-state index contributed by atoms with van der Waals surface area (Å²) >= 11 is 1.78. The Morgan fingerprint density at radius 3 is 1.40 bits per heavy atom. The van der Waals surface area contributed by atoms with Crippen LogP contribution in [0.5, 0.6) is 0 Å². The zero-order valence-corrected chi connectivity index (χ0v) is 41.4.